The molecule has 0 bridgehead atoms. The zero-order valence-electron chi connectivity index (χ0n) is 9.89. The van der Waals surface area contributed by atoms with Gasteiger partial charge in [-0.25, -0.2) is 6.17 Å². The molecule has 4 heteroatoms. The Balaban J connectivity index is -0.000000135. The Morgan fingerprint density at radius 2 is 1.62 bits per heavy atom. The summed E-state index contributed by atoms with van der Waals surface area (Å²) in [5.74, 6) is 0. The van der Waals surface area contributed by atoms with Gasteiger partial charge >= 0.3 is 26.2 Å². The average Bonchev–Trinajstić information content (AvgIpc) is 1.59. The number of hydrogen-bond acceptors (Lipinski definition) is 0. The van der Waals surface area contributed by atoms with Crippen molar-refractivity contribution in [3.63, 3.8) is 0 Å². The van der Waals surface area contributed by atoms with Crippen LogP contribution in [0.15, 0.2) is 0 Å². The van der Waals surface area contributed by atoms with Crippen LogP contribution in [0.5, 0.6) is 0 Å². The molecule has 0 aliphatic heterocycles. The summed E-state index contributed by atoms with van der Waals surface area (Å²) in [4.78, 5) is 0. The minimum Gasteiger partial charge on any atom is -0.678 e. The fourth-order valence-electron chi connectivity index (χ4n) is 0.866. The van der Waals surface area contributed by atoms with E-state index in [2.05, 4.69) is 31.4 Å². The Morgan fingerprint density at radius 1 is 1.23 bits per heavy atom. The van der Waals surface area contributed by atoms with E-state index in [0.717, 1.165) is 6.54 Å². The van der Waals surface area contributed by atoms with Crippen LogP contribution < -0.4 is 0 Å². The van der Waals surface area contributed by atoms with Gasteiger partial charge in [-0.2, -0.15) is 16.4 Å². The molecule has 13 heavy (non-hydrogen) atoms. The molecule has 2 unspecified atom stereocenters. The molecule has 0 aliphatic carbocycles. The molecular weight excluding hydrogens is 258 g/mol. The van der Waals surface area contributed by atoms with E-state index in [4.69, 9.17) is 0 Å². The Hall–Kier alpha value is 1.23. The second-order valence-electron chi connectivity index (χ2n) is 3.43. The molecule has 0 heterocycles. The van der Waals surface area contributed by atoms with Crippen molar-refractivity contribution in [2.75, 3.05) is 6.54 Å². The molecule has 0 amide bonds. The topological polar surface area (TPSA) is 28.2 Å². The van der Waals surface area contributed by atoms with E-state index in [9.17, 15) is 0 Å². The summed E-state index contributed by atoms with van der Waals surface area (Å²) in [7, 11) is 0. The number of rotatable bonds is 3. The van der Waals surface area contributed by atoms with Gasteiger partial charge in [0, 0.05) is 0 Å². The Bertz CT molecular complexity index is 94.1. The molecule has 0 saturated heterocycles. The average molecular weight is 283 g/mol. The molecule has 0 aromatic heterocycles. The zero-order valence-corrected chi connectivity index (χ0v) is 13.8. The fourth-order valence-corrected chi connectivity index (χ4v) is 0.866. The van der Waals surface area contributed by atoms with Crippen LogP contribution in [-0.4, -0.2) is 18.2 Å². The first-order chi connectivity index (χ1) is 4.45. The van der Waals surface area contributed by atoms with Gasteiger partial charge in [-0.15, -0.1) is 12.5 Å². The third-order valence-corrected chi connectivity index (χ3v) is 1.02. The Labute approximate surface area is 107 Å². The van der Waals surface area contributed by atoms with Gasteiger partial charge in [-0.3, -0.25) is 0 Å². The maximum Gasteiger partial charge on any atom is 4.00 e. The van der Waals surface area contributed by atoms with Crippen LogP contribution in [-0.2, 0) is 26.2 Å². The van der Waals surface area contributed by atoms with Gasteiger partial charge in [0.15, 0.2) is 0 Å². The number of nitrogens with zero attached hydrogens (tertiary/aromatic N) is 2. The molecule has 0 N–H and O–H groups in total. The predicted octanol–water partition coefficient (Wildman–Crippen LogP) is 3.40. The Kier molecular flexibility index (Phi) is 20.7. The molecular formula is C9H24N2PZr+. The SMILES string of the molecule is CC[N-]C(C)[N-]C(C)(C)C.P.[CH3-].[Zr+4]. The standard InChI is InChI=1S/C8H18N2.CH3.H3P.Zr/c1-6-9-7(2)10-8(3,4)5;;;/h7H,6H2,1-5H3;2*1H3;/q-2;-1;;+4. The fraction of sp³-hybridized carbons (Fsp3) is 0.889. The molecule has 0 aliphatic rings. The second-order valence-corrected chi connectivity index (χ2v) is 3.43. The van der Waals surface area contributed by atoms with Crippen molar-refractivity contribution < 1.29 is 26.2 Å². The van der Waals surface area contributed by atoms with Gasteiger partial charge in [0.25, 0.3) is 0 Å². The quantitative estimate of drug-likeness (QED) is 0.561. The van der Waals surface area contributed by atoms with Crippen LogP contribution in [0.25, 0.3) is 10.6 Å². The van der Waals surface area contributed by atoms with Gasteiger partial charge in [-0.05, 0) is 0 Å². The third kappa shape index (κ3) is 19.6. The van der Waals surface area contributed by atoms with Crippen LogP contribution in [0.3, 0.4) is 0 Å². The molecule has 0 aromatic rings. The van der Waals surface area contributed by atoms with E-state index >= 15 is 0 Å². The molecule has 0 saturated carbocycles. The van der Waals surface area contributed by atoms with Crippen molar-refractivity contribution in [3.8, 4) is 0 Å². The van der Waals surface area contributed by atoms with Crippen LogP contribution in [0, 0.1) is 7.43 Å². The summed E-state index contributed by atoms with van der Waals surface area (Å²) < 4.78 is 0. The van der Waals surface area contributed by atoms with Crippen molar-refractivity contribution in [1.29, 1.82) is 0 Å². The first-order valence-electron chi connectivity index (χ1n) is 3.84. The van der Waals surface area contributed by atoms with Crippen molar-refractivity contribution in [2.24, 2.45) is 0 Å². The van der Waals surface area contributed by atoms with Crippen molar-refractivity contribution in [3.05, 3.63) is 18.1 Å². The number of hydrogen-bond donors (Lipinski definition) is 0. The third-order valence-electron chi connectivity index (χ3n) is 1.02. The maximum atomic E-state index is 4.43. The summed E-state index contributed by atoms with van der Waals surface area (Å²) in [6.45, 7) is 11.2. The molecule has 0 rings (SSSR count). The molecule has 0 spiro atoms. The largest absolute Gasteiger partial charge is 4.00 e. The van der Waals surface area contributed by atoms with Crippen molar-refractivity contribution >= 4 is 9.90 Å². The normalized spacial score (nSPS) is 11.8. The molecule has 0 aromatic carbocycles. The first-order valence-corrected chi connectivity index (χ1v) is 3.84. The molecule has 78 valence electrons. The smallest absolute Gasteiger partial charge is 0.678 e. The van der Waals surface area contributed by atoms with E-state index in [0.29, 0.717) is 0 Å². The molecule has 0 radical (unpaired) electrons. The van der Waals surface area contributed by atoms with E-state index in [1.54, 1.807) is 0 Å². The predicted molar refractivity (Wildman–Crippen MR) is 64.0 cm³/mol. The Morgan fingerprint density at radius 3 is 1.85 bits per heavy atom. The van der Waals surface area contributed by atoms with Crippen molar-refractivity contribution in [1.82, 2.24) is 0 Å². The molecule has 2 atom stereocenters. The summed E-state index contributed by atoms with van der Waals surface area (Å²) >= 11 is 0. The van der Waals surface area contributed by atoms with Gasteiger partial charge in [0.05, 0.1) is 0 Å². The van der Waals surface area contributed by atoms with Gasteiger partial charge in [0.2, 0.25) is 0 Å². The zero-order chi connectivity index (χ0) is 8.20. The van der Waals surface area contributed by atoms with Crippen molar-refractivity contribution in [2.45, 2.75) is 46.3 Å². The summed E-state index contributed by atoms with van der Waals surface area (Å²) in [6, 6.07) is 0. The van der Waals surface area contributed by atoms with Crippen LogP contribution in [0.4, 0.5) is 0 Å². The van der Waals surface area contributed by atoms with Crippen LogP contribution >= 0.6 is 9.90 Å². The first kappa shape index (κ1) is 23.8. The summed E-state index contributed by atoms with van der Waals surface area (Å²) in [5, 5.41) is 8.68. The summed E-state index contributed by atoms with van der Waals surface area (Å²) in [6.07, 6.45) is 0.157. The minimum absolute atomic E-state index is 0. The summed E-state index contributed by atoms with van der Waals surface area (Å²) in [5.41, 5.74) is 0.0537. The molecule has 0 fully saturated rings. The van der Waals surface area contributed by atoms with E-state index in [1.165, 1.54) is 0 Å². The van der Waals surface area contributed by atoms with E-state index < -0.39 is 0 Å². The van der Waals surface area contributed by atoms with E-state index in [-0.39, 0.29) is 55.2 Å². The maximum absolute atomic E-state index is 4.43. The van der Waals surface area contributed by atoms with Crippen LogP contribution in [0.1, 0.15) is 34.6 Å². The monoisotopic (exact) mass is 281 g/mol. The van der Waals surface area contributed by atoms with E-state index in [1.807, 2.05) is 13.8 Å². The van der Waals surface area contributed by atoms with Gasteiger partial charge in [-0.1, -0.05) is 27.7 Å². The minimum atomic E-state index is 0. The van der Waals surface area contributed by atoms with Gasteiger partial charge in [0.1, 0.15) is 0 Å². The van der Waals surface area contributed by atoms with Gasteiger partial charge < -0.3 is 18.1 Å². The van der Waals surface area contributed by atoms with Crippen LogP contribution in [0.2, 0.25) is 0 Å². The second kappa shape index (κ2) is 11.3. The molecule has 2 nitrogen and oxygen atoms in total.